The number of carbonyl (C=O) groups is 1. The summed E-state index contributed by atoms with van der Waals surface area (Å²) in [5.41, 5.74) is 2.47. The number of fused-ring (bicyclic) bond motifs is 1. The molecule has 0 unspecified atom stereocenters. The summed E-state index contributed by atoms with van der Waals surface area (Å²) in [4.78, 5) is 20.1. The van der Waals surface area contributed by atoms with E-state index >= 15 is 0 Å². The van der Waals surface area contributed by atoms with E-state index in [0.29, 0.717) is 19.1 Å². The predicted molar refractivity (Wildman–Crippen MR) is 125 cm³/mol. The van der Waals surface area contributed by atoms with E-state index in [-0.39, 0.29) is 12.5 Å². The molecule has 0 saturated carbocycles. The van der Waals surface area contributed by atoms with Crippen molar-refractivity contribution < 1.29 is 14.3 Å². The van der Waals surface area contributed by atoms with Crippen LogP contribution in [0.2, 0.25) is 0 Å². The second-order valence-corrected chi connectivity index (χ2v) is 8.31. The van der Waals surface area contributed by atoms with Crippen LogP contribution in [0.4, 0.5) is 0 Å². The summed E-state index contributed by atoms with van der Waals surface area (Å²) in [5, 5.41) is 8.53. The van der Waals surface area contributed by atoms with Crippen molar-refractivity contribution in [1.82, 2.24) is 15.5 Å². The number of hydrogen-bond acceptors (Lipinski definition) is 5. The van der Waals surface area contributed by atoms with E-state index in [1.807, 2.05) is 24.0 Å². The monoisotopic (exact) mass is 444 g/mol. The van der Waals surface area contributed by atoms with Gasteiger partial charge in [0.1, 0.15) is 0 Å². The van der Waals surface area contributed by atoms with Crippen LogP contribution >= 0.6 is 11.3 Å². The molecule has 1 aromatic carbocycles. The SMILES string of the molecule is CCOc1cc(CCCNC(=NC)NCC(=O)N2CCc3sccc3C2)ccc1OC. The van der Waals surface area contributed by atoms with Crippen molar-refractivity contribution in [1.29, 1.82) is 0 Å². The number of rotatable bonds is 9. The zero-order valence-electron chi connectivity index (χ0n) is 18.6. The minimum absolute atomic E-state index is 0.0986. The van der Waals surface area contributed by atoms with E-state index in [0.717, 1.165) is 43.9 Å². The molecule has 168 valence electrons. The highest BCUT2D eigenvalue weighted by atomic mass is 32.1. The van der Waals surface area contributed by atoms with Gasteiger partial charge in [0.05, 0.1) is 20.3 Å². The molecule has 0 spiro atoms. The fourth-order valence-electron chi connectivity index (χ4n) is 3.60. The maximum Gasteiger partial charge on any atom is 0.242 e. The Hall–Kier alpha value is -2.74. The van der Waals surface area contributed by atoms with Crippen LogP contribution in [0.15, 0.2) is 34.6 Å². The average molecular weight is 445 g/mol. The highest BCUT2D eigenvalue weighted by molar-refractivity contribution is 7.10. The molecule has 0 radical (unpaired) electrons. The molecule has 1 aliphatic rings. The van der Waals surface area contributed by atoms with Crippen molar-refractivity contribution in [2.24, 2.45) is 4.99 Å². The lowest BCUT2D eigenvalue weighted by Crippen LogP contribution is -2.46. The number of benzene rings is 1. The lowest BCUT2D eigenvalue weighted by atomic mass is 10.1. The molecule has 3 rings (SSSR count). The molecule has 0 fully saturated rings. The lowest BCUT2D eigenvalue weighted by molar-refractivity contribution is -0.130. The standard InChI is InChI=1S/C23H32N4O3S/c1-4-30-20-14-17(7-8-19(20)29-3)6-5-11-25-23(24-2)26-15-22(28)27-12-9-21-18(16-27)10-13-31-21/h7-8,10,13-14H,4-6,9,11-12,15-16H2,1-3H3,(H2,24,25,26). The first-order valence-corrected chi connectivity index (χ1v) is 11.6. The molecule has 0 atom stereocenters. The van der Waals surface area contributed by atoms with Gasteiger partial charge in [-0.25, -0.2) is 0 Å². The van der Waals surface area contributed by atoms with Gasteiger partial charge in [0.15, 0.2) is 17.5 Å². The van der Waals surface area contributed by atoms with Crippen LogP contribution in [0.25, 0.3) is 0 Å². The van der Waals surface area contributed by atoms with Crippen molar-refractivity contribution in [3.8, 4) is 11.5 Å². The van der Waals surface area contributed by atoms with Gasteiger partial charge in [0.25, 0.3) is 0 Å². The number of aryl methyl sites for hydroxylation is 1. The Morgan fingerprint density at radius 2 is 2.13 bits per heavy atom. The van der Waals surface area contributed by atoms with E-state index in [1.54, 1.807) is 25.5 Å². The summed E-state index contributed by atoms with van der Waals surface area (Å²) in [6.07, 6.45) is 2.78. The third kappa shape index (κ3) is 6.37. The van der Waals surface area contributed by atoms with Gasteiger partial charge >= 0.3 is 0 Å². The predicted octanol–water partition coefficient (Wildman–Crippen LogP) is 2.84. The molecule has 2 aromatic rings. The second-order valence-electron chi connectivity index (χ2n) is 7.31. The number of hydrogen-bond donors (Lipinski definition) is 2. The van der Waals surface area contributed by atoms with E-state index in [2.05, 4.69) is 33.1 Å². The van der Waals surface area contributed by atoms with Gasteiger partial charge in [-0.15, -0.1) is 11.3 Å². The third-order valence-electron chi connectivity index (χ3n) is 5.25. The zero-order chi connectivity index (χ0) is 22.1. The smallest absolute Gasteiger partial charge is 0.242 e. The molecule has 7 nitrogen and oxygen atoms in total. The molecule has 0 aliphatic carbocycles. The fraction of sp³-hybridized carbons (Fsp3) is 0.478. The normalized spacial score (nSPS) is 13.5. The Bertz CT molecular complexity index is 897. The molecule has 1 amide bonds. The highest BCUT2D eigenvalue weighted by Crippen LogP contribution is 2.28. The van der Waals surface area contributed by atoms with Crippen LogP contribution in [-0.2, 0) is 24.2 Å². The molecule has 0 saturated heterocycles. The minimum Gasteiger partial charge on any atom is -0.493 e. The van der Waals surface area contributed by atoms with Crippen LogP contribution in [-0.4, -0.2) is 57.2 Å². The van der Waals surface area contributed by atoms with Gasteiger partial charge in [0.2, 0.25) is 5.91 Å². The maximum absolute atomic E-state index is 12.6. The fourth-order valence-corrected chi connectivity index (χ4v) is 4.49. The lowest BCUT2D eigenvalue weighted by Gasteiger charge is -2.27. The Labute approximate surface area is 188 Å². The minimum atomic E-state index is 0.0986. The number of amides is 1. The number of nitrogens with zero attached hydrogens (tertiary/aromatic N) is 2. The summed E-state index contributed by atoms with van der Waals surface area (Å²) < 4.78 is 11.0. The van der Waals surface area contributed by atoms with Crippen molar-refractivity contribution >= 4 is 23.2 Å². The third-order valence-corrected chi connectivity index (χ3v) is 6.28. The topological polar surface area (TPSA) is 75.2 Å². The van der Waals surface area contributed by atoms with Crippen molar-refractivity contribution in [2.45, 2.75) is 32.7 Å². The van der Waals surface area contributed by atoms with Crippen LogP contribution in [0.5, 0.6) is 11.5 Å². The molecule has 2 N–H and O–H groups in total. The summed E-state index contributed by atoms with van der Waals surface area (Å²) >= 11 is 1.78. The van der Waals surface area contributed by atoms with Crippen LogP contribution in [0, 0.1) is 0 Å². The van der Waals surface area contributed by atoms with Crippen molar-refractivity contribution in [3.63, 3.8) is 0 Å². The summed E-state index contributed by atoms with van der Waals surface area (Å²) in [7, 11) is 3.37. The van der Waals surface area contributed by atoms with Gasteiger partial charge < -0.3 is 25.0 Å². The first-order chi connectivity index (χ1) is 15.1. The Morgan fingerprint density at radius 1 is 1.26 bits per heavy atom. The van der Waals surface area contributed by atoms with Gasteiger partial charge in [-0.1, -0.05) is 6.07 Å². The highest BCUT2D eigenvalue weighted by Gasteiger charge is 2.21. The Morgan fingerprint density at radius 3 is 2.90 bits per heavy atom. The van der Waals surface area contributed by atoms with E-state index in [9.17, 15) is 4.79 Å². The first-order valence-electron chi connectivity index (χ1n) is 10.7. The summed E-state index contributed by atoms with van der Waals surface area (Å²) in [6.45, 7) is 5.06. The zero-order valence-corrected chi connectivity index (χ0v) is 19.4. The Kier molecular flexibility index (Phi) is 8.58. The molecule has 31 heavy (non-hydrogen) atoms. The summed E-state index contributed by atoms with van der Waals surface area (Å²) in [6, 6.07) is 8.16. The number of ether oxygens (including phenoxy) is 2. The molecule has 1 aromatic heterocycles. The van der Waals surface area contributed by atoms with Crippen LogP contribution in [0.3, 0.4) is 0 Å². The van der Waals surface area contributed by atoms with Crippen molar-refractivity contribution in [3.05, 3.63) is 45.6 Å². The number of methoxy groups -OCH3 is 1. The van der Waals surface area contributed by atoms with E-state index in [4.69, 9.17) is 9.47 Å². The molecule has 8 heteroatoms. The van der Waals surface area contributed by atoms with Crippen LogP contribution < -0.4 is 20.1 Å². The quantitative estimate of drug-likeness (QED) is 0.353. The van der Waals surface area contributed by atoms with Gasteiger partial charge in [-0.2, -0.15) is 0 Å². The van der Waals surface area contributed by atoms with E-state index < -0.39 is 0 Å². The number of thiophene rings is 1. The molecule has 1 aliphatic heterocycles. The first kappa shape index (κ1) is 22.9. The average Bonchev–Trinajstić information content (AvgIpc) is 3.26. The molecule has 0 bridgehead atoms. The number of nitrogens with one attached hydrogen (secondary N) is 2. The summed E-state index contributed by atoms with van der Waals surface area (Å²) in [5.74, 6) is 2.27. The number of carbonyl (C=O) groups excluding carboxylic acids is 1. The van der Waals surface area contributed by atoms with Gasteiger partial charge in [0, 0.05) is 31.6 Å². The molecule has 2 heterocycles. The van der Waals surface area contributed by atoms with E-state index in [1.165, 1.54) is 16.0 Å². The molecular weight excluding hydrogens is 412 g/mol. The largest absolute Gasteiger partial charge is 0.493 e. The van der Waals surface area contributed by atoms with Gasteiger partial charge in [-0.05, 0) is 60.9 Å². The van der Waals surface area contributed by atoms with Crippen LogP contribution in [0.1, 0.15) is 29.3 Å². The number of guanidine groups is 1. The molecular formula is C23H32N4O3S. The van der Waals surface area contributed by atoms with Gasteiger partial charge in [-0.3, -0.25) is 9.79 Å². The number of aliphatic imine (C=N–C) groups is 1. The maximum atomic E-state index is 12.6. The Balaban J connectivity index is 1.39. The van der Waals surface area contributed by atoms with Crippen molar-refractivity contribution in [2.75, 3.05) is 40.4 Å². The second kappa shape index (κ2) is 11.6.